The van der Waals surface area contributed by atoms with Crippen LogP contribution in [0.15, 0.2) is 47.6 Å². The molecule has 0 radical (unpaired) electrons. The van der Waals surface area contributed by atoms with Gasteiger partial charge in [0.25, 0.3) is 5.69 Å². The first-order valence-electron chi connectivity index (χ1n) is 6.42. The zero-order valence-corrected chi connectivity index (χ0v) is 11.4. The maximum atomic E-state index is 12.7. The third-order valence-electron chi connectivity index (χ3n) is 2.94. The number of nitro groups is 1. The third kappa shape index (κ3) is 3.85. The van der Waals surface area contributed by atoms with E-state index in [4.69, 9.17) is 0 Å². The highest BCUT2D eigenvalue weighted by atomic mass is 19.1. The molecule has 5 nitrogen and oxygen atoms in total. The first-order chi connectivity index (χ1) is 10.1. The highest BCUT2D eigenvalue weighted by Gasteiger charge is 2.12. The summed E-state index contributed by atoms with van der Waals surface area (Å²) in [6.07, 6.45) is 2.08. The number of hydrazone groups is 1. The molecule has 0 saturated heterocycles. The van der Waals surface area contributed by atoms with E-state index >= 15 is 0 Å². The molecule has 0 atom stereocenters. The Labute approximate surface area is 121 Å². The van der Waals surface area contributed by atoms with Crippen molar-refractivity contribution in [3.8, 4) is 0 Å². The van der Waals surface area contributed by atoms with Gasteiger partial charge in [-0.1, -0.05) is 19.1 Å². The van der Waals surface area contributed by atoms with Crippen LogP contribution in [0.5, 0.6) is 0 Å². The van der Waals surface area contributed by atoms with Gasteiger partial charge in [0.15, 0.2) is 0 Å². The molecule has 0 aliphatic rings. The topological polar surface area (TPSA) is 67.5 Å². The molecule has 0 spiro atoms. The van der Waals surface area contributed by atoms with Crippen molar-refractivity contribution in [1.29, 1.82) is 0 Å². The van der Waals surface area contributed by atoms with Crippen molar-refractivity contribution < 1.29 is 9.31 Å². The van der Waals surface area contributed by atoms with Gasteiger partial charge in [0.1, 0.15) is 5.82 Å². The third-order valence-corrected chi connectivity index (χ3v) is 2.94. The zero-order chi connectivity index (χ0) is 15.2. The van der Waals surface area contributed by atoms with Crippen LogP contribution in [0, 0.1) is 15.9 Å². The summed E-state index contributed by atoms with van der Waals surface area (Å²) in [7, 11) is 0. The molecule has 2 aromatic carbocycles. The van der Waals surface area contributed by atoms with Gasteiger partial charge in [-0.15, -0.1) is 0 Å². The molecular formula is C15H14FN3O2. The Bertz CT molecular complexity index is 669. The Kier molecular flexibility index (Phi) is 4.61. The number of hydrogen-bond acceptors (Lipinski definition) is 4. The van der Waals surface area contributed by atoms with E-state index in [1.54, 1.807) is 24.3 Å². The van der Waals surface area contributed by atoms with Crippen molar-refractivity contribution in [2.75, 3.05) is 5.43 Å². The number of nitrogens with one attached hydrogen (secondary N) is 1. The zero-order valence-electron chi connectivity index (χ0n) is 11.4. The van der Waals surface area contributed by atoms with E-state index in [1.165, 1.54) is 24.4 Å². The molecule has 0 aromatic heterocycles. The summed E-state index contributed by atoms with van der Waals surface area (Å²) in [5.74, 6) is -0.324. The van der Waals surface area contributed by atoms with Crippen LogP contribution in [-0.2, 0) is 6.42 Å². The van der Waals surface area contributed by atoms with Gasteiger partial charge in [-0.05, 0) is 30.7 Å². The molecule has 1 N–H and O–H groups in total. The molecule has 0 aliphatic carbocycles. The Balaban J connectivity index is 2.12. The summed E-state index contributed by atoms with van der Waals surface area (Å²) in [4.78, 5) is 10.6. The van der Waals surface area contributed by atoms with Gasteiger partial charge in [-0.2, -0.15) is 5.10 Å². The minimum atomic E-state index is -0.399. The average Bonchev–Trinajstić information content (AvgIpc) is 2.49. The lowest BCUT2D eigenvalue weighted by molar-refractivity contribution is -0.385. The minimum Gasteiger partial charge on any atom is -0.279 e. The normalized spacial score (nSPS) is 10.8. The second-order valence-electron chi connectivity index (χ2n) is 4.38. The Morgan fingerprint density at radius 3 is 2.62 bits per heavy atom. The largest absolute Gasteiger partial charge is 0.279 e. The van der Waals surface area contributed by atoms with E-state index in [1.807, 2.05) is 6.92 Å². The molecule has 0 unspecified atom stereocenters. The predicted octanol–water partition coefficient (Wildman–Crippen LogP) is 3.74. The van der Waals surface area contributed by atoms with Crippen LogP contribution in [-0.4, -0.2) is 11.1 Å². The quantitative estimate of drug-likeness (QED) is 0.517. The second kappa shape index (κ2) is 6.60. The van der Waals surface area contributed by atoms with Crippen LogP contribution in [0.3, 0.4) is 0 Å². The maximum absolute atomic E-state index is 12.7. The highest BCUT2D eigenvalue weighted by molar-refractivity contribution is 5.81. The molecule has 0 bridgehead atoms. The summed E-state index contributed by atoms with van der Waals surface area (Å²) in [6, 6.07) is 10.7. The number of halogens is 1. The van der Waals surface area contributed by atoms with Crippen molar-refractivity contribution in [2.24, 2.45) is 5.10 Å². The average molecular weight is 287 g/mol. The lowest BCUT2D eigenvalue weighted by Crippen LogP contribution is -1.97. The van der Waals surface area contributed by atoms with Crippen LogP contribution in [0.2, 0.25) is 0 Å². The van der Waals surface area contributed by atoms with Gasteiger partial charge >= 0.3 is 0 Å². The van der Waals surface area contributed by atoms with Gasteiger partial charge in [0.2, 0.25) is 0 Å². The smallest absolute Gasteiger partial charge is 0.273 e. The Morgan fingerprint density at radius 1 is 1.29 bits per heavy atom. The fourth-order valence-corrected chi connectivity index (χ4v) is 1.84. The van der Waals surface area contributed by atoms with Crippen LogP contribution in [0.1, 0.15) is 18.1 Å². The van der Waals surface area contributed by atoms with E-state index in [0.717, 1.165) is 0 Å². The number of aryl methyl sites for hydroxylation is 1. The fraction of sp³-hybridized carbons (Fsp3) is 0.133. The van der Waals surface area contributed by atoms with Gasteiger partial charge in [0, 0.05) is 17.2 Å². The summed E-state index contributed by atoms with van der Waals surface area (Å²) < 4.78 is 12.7. The maximum Gasteiger partial charge on any atom is 0.273 e. The molecule has 0 amide bonds. The number of nitro benzene ring substituents is 1. The Morgan fingerprint density at radius 2 is 2.00 bits per heavy atom. The van der Waals surface area contributed by atoms with Gasteiger partial charge in [-0.3, -0.25) is 15.5 Å². The lowest BCUT2D eigenvalue weighted by atomic mass is 10.1. The predicted molar refractivity (Wildman–Crippen MR) is 80.1 cm³/mol. The van der Waals surface area contributed by atoms with Crippen molar-refractivity contribution in [3.05, 3.63) is 69.5 Å². The molecule has 0 aliphatic heterocycles. The number of hydrogen-bond donors (Lipinski definition) is 1. The fourth-order valence-electron chi connectivity index (χ4n) is 1.84. The van der Waals surface area contributed by atoms with Gasteiger partial charge in [-0.25, -0.2) is 4.39 Å². The minimum absolute atomic E-state index is 0.0863. The summed E-state index contributed by atoms with van der Waals surface area (Å²) >= 11 is 0. The van der Waals surface area contributed by atoms with Crippen molar-refractivity contribution in [3.63, 3.8) is 0 Å². The molecule has 2 aromatic rings. The lowest BCUT2D eigenvalue weighted by Gasteiger charge is -2.02. The molecule has 0 heterocycles. The molecule has 21 heavy (non-hydrogen) atoms. The summed E-state index contributed by atoms with van der Waals surface area (Å²) in [5, 5.41) is 14.9. The first-order valence-corrected chi connectivity index (χ1v) is 6.42. The van der Waals surface area contributed by atoms with Gasteiger partial charge in [0.05, 0.1) is 16.8 Å². The molecule has 0 saturated carbocycles. The molecule has 2 rings (SSSR count). The molecule has 6 heteroatoms. The van der Waals surface area contributed by atoms with Crippen molar-refractivity contribution in [2.45, 2.75) is 13.3 Å². The van der Waals surface area contributed by atoms with Crippen LogP contribution < -0.4 is 5.43 Å². The van der Waals surface area contributed by atoms with E-state index < -0.39 is 4.92 Å². The molecule has 0 fully saturated rings. The Hall–Kier alpha value is -2.76. The van der Waals surface area contributed by atoms with Crippen molar-refractivity contribution in [1.82, 2.24) is 0 Å². The molecular weight excluding hydrogens is 273 g/mol. The number of benzene rings is 2. The highest BCUT2D eigenvalue weighted by Crippen LogP contribution is 2.20. The van der Waals surface area contributed by atoms with Crippen molar-refractivity contribution >= 4 is 17.6 Å². The van der Waals surface area contributed by atoms with Gasteiger partial charge < -0.3 is 0 Å². The van der Waals surface area contributed by atoms with Crippen LogP contribution >= 0.6 is 0 Å². The second-order valence-corrected chi connectivity index (χ2v) is 4.38. The number of nitrogens with zero attached hydrogens (tertiary/aromatic N) is 2. The van der Waals surface area contributed by atoms with E-state index in [9.17, 15) is 14.5 Å². The monoisotopic (exact) mass is 287 g/mol. The van der Waals surface area contributed by atoms with Crippen LogP contribution in [0.4, 0.5) is 15.8 Å². The van der Waals surface area contributed by atoms with E-state index in [-0.39, 0.29) is 11.5 Å². The standard InChI is InChI=1S/C15H14FN3O2/c1-2-12-4-3-11(9-15(12)19(20)21)10-17-18-14-7-5-13(16)6-8-14/h3-10,18H,2H2,1H3/b17-10-. The van der Waals surface area contributed by atoms with E-state index in [0.29, 0.717) is 23.2 Å². The number of rotatable bonds is 5. The molecule has 108 valence electrons. The SMILES string of the molecule is CCc1ccc(/C=N\Nc2ccc(F)cc2)cc1[N+](=O)[O-]. The summed E-state index contributed by atoms with van der Waals surface area (Å²) in [5.41, 5.74) is 4.75. The first kappa shape index (κ1) is 14.6. The van der Waals surface area contributed by atoms with E-state index in [2.05, 4.69) is 10.5 Å². The summed E-state index contributed by atoms with van der Waals surface area (Å²) in [6.45, 7) is 1.87. The number of anilines is 1. The van der Waals surface area contributed by atoms with Crippen LogP contribution in [0.25, 0.3) is 0 Å².